The van der Waals surface area contributed by atoms with Gasteiger partial charge in [0.1, 0.15) is 6.61 Å². The molecule has 3 nitrogen and oxygen atoms in total. The highest BCUT2D eigenvalue weighted by Crippen LogP contribution is 2.30. The minimum Gasteiger partial charge on any atom is -0.493 e. The lowest BCUT2D eigenvalue weighted by molar-refractivity contribution is 0.331. The maximum absolute atomic E-state index is 9.61. The second kappa shape index (κ2) is 7.92. The highest BCUT2D eigenvalue weighted by Gasteiger charge is 2.07. The molecule has 126 valence electrons. The number of hydrogen-bond acceptors (Lipinski definition) is 3. The van der Waals surface area contributed by atoms with Gasteiger partial charge in [0.05, 0.1) is 18.8 Å². The summed E-state index contributed by atoms with van der Waals surface area (Å²) in [7, 11) is 1.57. The summed E-state index contributed by atoms with van der Waals surface area (Å²) in [6.07, 6.45) is 7.06. The number of benzene rings is 3. The van der Waals surface area contributed by atoms with Crippen molar-refractivity contribution >= 4 is 22.4 Å². The first-order chi connectivity index (χ1) is 12.7. The van der Waals surface area contributed by atoms with E-state index in [0.29, 0.717) is 17.1 Å². The zero-order chi connectivity index (χ0) is 18.4. The lowest BCUT2D eigenvalue weighted by Gasteiger charge is -2.09. The number of hydrogen-bond donors (Lipinski definition) is 0. The first-order valence-corrected chi connectivity index (χ1v) is 8.10. The first kappa shape index (κ1) is 17.1. The Balaban J connectivity index is 1.98. The summed E-state index contributed by atoms with van der Waals surface area (Å²) in [4.78, 5) is 0. The third-order valence-electron chi connectivity index (χ3n) is 3.99. The van der Waals surface area contributed by atoms with Crippen molar-refractivity contribution in [1.82, 2.24) is 0 Å². The van der Waals surface area contributed by atoms with Crippen LogP contribution in [0.2, 0.25) is 0 Å². The topological polar surface area (TPSA) is 42.2 Å². The lowest BCUT2D eigenvalue weighted by Crippen LogP contribution is -1.96. The number of methoxy groups -OCH3 is 1. The van der Waals surface area contributed by atoms with Crippen molar-refractivity contribution in [3.63, 3.8) is 0 Å². The van der Waals surface area contributed by atoms with Gasteiger partial charge in [0.25, 0.3) is 0 Å². The van der Waals surface area contributed by atoms with Crippen LogP contribution in [0.1, 0.15) is 11.1 Å². The first-order valence-electron chi connectivity index (χ1n) is 8.10. The van der Waals surface area contributed by atoms with Crippen LogP contribution in [0.5, 0.6) is 11.5 Å². The van der Waals surface area contributed by atoms with Gasteiger partial charge in [0.2, 0.25) is 0 Å². The number of allylic oxidation sites excluding steroid dienone is 1. The van der Waals surface area contributed by atoms with Gasteiger partial charge in [-0.05, 0) is 46.2 Å². The van der Waals surface area contributed by atoms with Gasteiger partial charge in [0, 0.05) is 0 Å². The van der Waals surface area contributed by atoms with Gasteiger partial charge >= 0.3 is 0 Å². The number of nitrogens with zero attached hydrogens (tertiary/aromatic N) is 1. The van der Waals surface area contributed by atoms with Crippen molar-refractivity contribution in [1.29, 1.82) is 5.26 Å². The minimum absolute atomic E-state index is 0.173. The smallest absolute Gasteiger partial charge is 0.162 e. The highest BCUT2D eigenvalue weighted by molar-refractivity contribution is 5.94. The molecule has 0 aromatic heterocycles. The summed E-state index contributed by atoms with van der Waals surface area (Å²) >= 11 is 0. The van der Waals surface area contributed by atoms with Crippen LogP contribution >= 0.6 is 0 Å². The molecule has 0 atom stereocenters. The van der Waals surface area contributed by atoms with Crippen molar-refractivity contribution in [2.45, 2.75) is 0 Å². The van der Waals surface area contributed by atoms with Crippen molar-refractivity contribution in [3.05, 3.63) is 71.8 Å². The predicted octanol–water partition coefficient (Wildman–Crippen LogP) is 4.92. The van der Waals surface area contributed by atoms with Gasteiger partial charge in [-0.15, -0.1) is 6.42 Å². The van der Waals surface area contributed by atoms with Crippen LogP contribution in [0.15, 0.2) is 60.7 Å². The third-order valence-corrected chi connectivity index (χ3v) is 3.99. The van der Waals surface area contributed by atoms with Crippen LogP contribution in [0.3, 0.4) is 0 Å². The standard InChI is InChI=1S/C23H17NO2/c1-3-12-26-22-11-8-17(14-23(22)25-2)13-21(16-24)20-10-9-18-6-4-5-7-19(18)15-20/h1,4-11,13-15H,12H2,2H3. The van der Waals surface area contributed by atoms with Gasteiger partial charge in [-0.2, -0.15) is 5.26 Å². The molecule has 0 unspecified atom stereocenters. The zero-order valence-electron chi connectivity index (χ0n) is 14.4. The van der Waals surface area contributed by atoms with Crippen molar-refractivity contribution < 1.29 is 9.47 Å². The number of rotatable bonds is 5. The predicted molar refractivity (Wildman–Crippen MR) is 105 cm³/mol. The van der Waals surface area contributed by atoms with E-state index in [1.165, 1.54) is 0 Å². The SMILES string of the molecule is C#CCOc1ccc(C=C(C#N)c2ccc3ccccc3c2)cc1OC. The molecule has 3 aromatic carbocycles. The molecule has 0 fully saturated rings. The number of terminal acetylenes is 1. The Morgan fingerprint density at radius 1 is 1.04 bits per heavy atom. The summed E-state index contributed by atoms with van der Waals surface area (Å²) in [5.74, 6) is 3.58. The Bertz CT molecular complexity index is 1050. The molecule has 0 bridgehead atoms. The molecule has 0 aliphatic carbocycles. The fourth-order valence-corrected chi connectivity index (χ4v) is 2.72. The third kappa shape index (κ3) is 3.69. The van der Waals surface area contributed by atoms with E-state index < -0.39 is 0 Å². The maximum Gasteiger partial charge on any atom is 0.162 e. The minimum atomic E-state index is 0.173. The van der Waals surface area contributed by atoms with Gasteiger partial charge in [-0.1, -0.05) is 48.4 Å². The quantitative estimate of drug-likeness (QED) is 0.376. The molecule has 0 spiro atoms. The van der Waals surface area contributed by atoms with Gasteiger partial charge in [-0.3, -0.25) is 0 Å². The molecule has 0 radical (unpaired) electrons. The fraction of sp³-hybridized carbons (Fsp3) is 0.0870. The van der Waals surface area contributed by atoms with E-state index in [2.05, 4.69) is 18.1 Å². The monoisotopic (exact) mass is 339 g/mol. The molecular formula is C23H17NO2. The molecule has 0 amide bonds. The summed E-state index contributed by atoms with van der Waals surface area (Å²) < 4.78 is 10.8. The lowest BCUT2D eigenvalue weighted by atomic mass is 10.00. The van der Waals surface area contributed by atoms with Crippen molar-refractivity contribution in [2.75, 3.05) is 13.7 Å². The second-order valence-corrected chi connectivity index (χ2v) is 5.63. The Labute approximate surface area is 153 Å². The van der Waals surface area contributed by atoms with E-state index in [1.807, 2.05) is 54.6 Å². The van der Waals surface area contributed by atoms with E-state index in [1.54, 1.807) is 13.2 Å². The van der Waals surface area contributed by atoms with E-state index in [-0.39, 0.29) is 6.61 Å². The number of fused-ring (bicyclic) bond motifs is 1. The molecular weight excluding hydrogens is 322 g/mol. The molecule has 0 saturated heterocycles. The number of ether oxygens (including phenoxy) is 2. The van der Waals surface area contributed by atoms with Crippen LogP contribution in [-0.2, 0) is 0 Å². The molecule has 0 aliphatic rings. The Morgan fingerprint density at radius 3 is 2.58 bits per heavy atom. The Kier molecular flexibility index (Phi) is 5.22. The van der Waals surface area contributed by atoms with Gasteiger partial charge in [-0.25, -0.2) is 0 Å². The molecule has 26 heavy (non-hydrogen) atoms. The molecule has 0 N–H and O–H groups in total. The summed E-state index contributed by atoms with van der Waals surface area (Å²) in [5.41, 5.74) is 2.30. The fourth-order valence-electron chi connectivity index (χ4n) is 2.72. The van der Waals surface area contributed by atoms with E-state index in [9.17, 15) is 5.26 Å². The summed E-state index contributed by atoms with van der Waals surface area (Å²) in [6.45, 7) is 0.173. The Hall–Kier alpha value is -3.69. The zero-order valence-corrected chi connectivity index (χ0v) is 14.4. The van der Waals surface area contributed by atoms with Gasteiger partial charge < -0.3 is 9.47 Å². The average molecular weight is 339 g/mol. The van der Waals surface area contributed by atoms with Crippen molar-refractivity contribution in [2.24, 2.45) is 0 Å². The Morgan fingerprint density at radius 2 is 1.85 bits per heavy atom. The van der Waals surface area contributed by atoms with E-state index >= 15 is 0 Å². The second-order valence-electron chi connectivity index (χ2n) is 5.63. The normalized spacial score (nSPS) is 10.8. The molecule has 0 aliphatic heterocycles. The largest absolute Gasteiger partial charge is 0.493 e. The van der Waals surface area contributed by atoms with Crippen LogP contribution in [0.4, 0.5) is 0 Å². The number of nitriles is 1. The van der Waals surface area contributed by atoms with E-state index in [0.717, 1.165) is 21.9 Å². The average Bonchev–Trinajstić information content (AvgIpc) is 2.70. The molecule has 3 rings (SSSR count). The molecule has 3 aromatic rings. The van der Waals surface area contributed by atoms with Gasteiger partial charge in [0.15, 0.2) is 11.5 Å². The molecule has 0 saturated carbocycles. The van der Waals surface area contributed by atoms with Crippen LogP contribution < -0.4 is 9.47 Å². The van der Waals surface area contributed by atoms with E-state index in [4.69, 9.17) is 15.9 Å². The van der Waals surface area contributed by atoms with Crippen molar-refractivity contribution in [3.8, 4) is 29.9 Å². The van der Waals surface area contributed by atoms with Crippen LogP contribution in [-0.4, -0.2) is 13.7 Å². The summed E-state index contributed by atoms with van der Waals surface area (Å²) in [5, 5.41) is 11.9. The summed E-state index contributed by atoms with van der Waals surface area (Å²) in [6, 6.07) is 21.8. The van der Waals surface area contributed by atoms with Crippen LogP contribution in [0, 0.1) is 23.7 Å². The molecule has 3 heteroatoms. The highest BCUT2D eigenvalue weighted by atomic mass is 16.5. The molecule has 0 heterocycles. The maximum atomic E-state index is 9.61. The van der Waals surface area contributed by atoms with Crippen LogP contribution in [0.25, 0.3) is 22.4 Å².